The van der Waals surface area contributed by atoms with E-state index >= 15 is 0 Å². The van der Waals surface area contributed by atoms with Gasteiger partial charge in [-0.2, -0.15) is 0 Å². The highest BCUT2D eigenvalue weighted by Crippen LogP contribution is 2.48. The van der Waals surface area contributed by atoms with Gasteiger partial charge < -0.3 is 4.57 Å². The SMILES string of the molecule is Cc1cc(Br)cn(CC2(CBr)CC2)c1=O. The van der Waals surface area contributed by atoms with Gasteiger partial charge in [-0.05, 0) is 47.2 Å². The lowest BCUT2D eigenvalue weighted by Crippen LogP contribution is -2.26. The first-order valence-corrected chi connectivity index (χ1v) is 6.90. The second-order valence-corrected chi connectivity index (χ2v) is 5.88. The number of hydrogen-bond acceptors (Lipinski definition) is 1. The highest BCUT2D eigenvalue weighted by Gasteiger charge is 2.41. The molecule has 0 unspecified atom stereocenters. The molecule has 1 fully saturated rings. The molecule has 4 heteroatoms. The van der Waals surface area contributed by atoms with Gasteiger partial charge in [0.05, 0.1) is 0 Å². The number of hydrogen-bond donors (Lipinski definition) is 0. The summed E-state index contributed by atoms with van der Waals surface area (Å²) in [6.45, 7) is 2.69. The van der Waals surface area contributed by atoms with Gasteiger partial charge in [-0.25, -0.2) is 0 Å². The van der Waals surface area contributed by atoms with Gasteiger partial charge in [0, 0.05) is 28.1 Å². The van der Waals surface area contributed by atoms with Crippen LogP contribution < -0.4 is 5.56 Å². The van der Waals surface area contributed by atoms with Crippen molar-refractivity contribution in [3.05, 3.63) is 32.7 Å². The summed E-state index contributed by atoms with van der Waals surface area (Å²) < 4.78 is 2.80. The number of nitrogens with zero attached hydrogens (tertiary/aromatic N) is 1. The molecule has 15 heavy (non-hydrogen) atoms. The molecule has 0 saturated heterocycles. The van der Waals surface area contributed by atoms with Gasteiger partial charge in [-0.3, -0.25) is 4.79 Å². The Hall–Kier alpha value is -0.0900. The van der Waals surface area contributed by atoms with Crippen LogP contribution in [0, 0.1) is 12.3 Å². The molecule has 1 aromatic rings. The molecule has 0 aliphatic heterocycles. The summed E-state index contributed by atoms with van der Waals surface area (Å²) in [5.41, 5.74) is 1.26. The van der Waals surface area contributed by atoms with Crippen LogP contribution in [0.4, 0.5) is 0 Å². The average Bonchev–Trinajstić information content (AvgIpc) is 2.94. The lowest BCUT2D eigenvalue weighted by molar-refractivity contribution is 0.464. The van der Waals surface area contributed by atoms with Crippen molar-refractivity contribution in [3.8, 4) is 0 Å². The maximum absolute atomic E-state index is 11.9. The topological polar surface area (TPSA) is 22.0 Å². The standard InChI is InChI=1S/C11H13Br2NO/c1-8-4-9(13)5-14(10(8)15)7-11(6-12)2-3-11/h4-5H,2-3,6-7H2,1H3. The lowest BCUT2D eigenvalue weighted by Gasteiger charge is -2.14. The van der Waals surface area contributed by atoms with Gasteiger partial charge in [-0.1, -0.05) is 15.9 Å². The maximum atomic E-state index is 11.9. The van der Waals surface area contributed by atoms with Crippen LogP contribution in [0.3, 0.4) is 0 Å². The Labute approximate surface area is 106 Å². The molecule has 0 spiro atoms. The van der Waals surface area contributed by atoms with E-state index < -0.39 is 0 Å². The molecular formula is C11H13Br2NO. The van der Waals surface area contributed by atoms with E-state index in [0.717, 1.165) is 21.9 Å². The molecule has 1 aliphatic rings. The van der Waals surface area contributed by atoms with Gasteiger partial charge in [-0.15, -0.1) is 0 Å². The summed E-state index contributed by atoms with van der Waals surface area (Å²) in [4.78, 5) is 11.9. The molecule has 1 saturated carbocycles. The molecule has 2 rings (SSSR count). The zero-order valence-corrected chi connectivity index (χ0v) is 11.8. The third-order valence-electron chi connectivity index (χ3n) is 2.98. The zero-order valence-electron chi connectivity index (χ0n) is 8.59. The molecule has 1 aromatic heterocycles. The second kappa shape index (κ2) is 4.06. The lowest BCUT2D eigenvalue weighted by atomic mass is 10.1. The van der Waals surface area contributed by atoms with Gasteiger partial charge in [0.25, 0.3) is 5.56 Å². The molecule has 0 amide bonds. The molecule has 0 bridgehead atoms. The van der Waals surface area contributed by atoms with Gasteiger partial charge >= 0.3 is 0 Å². The van der Waals surface area contributed by atoms with Crippen molar-refractivity contribution in [3.63, 3.8) is 0 Å². The predicted molar refractivity (Wildman–Crippen MR) is 68.6 cm³/mol. The van der Waals surface area contributed by atoms with Crippen LogP contribution >= 0.6 is 31.9 Å². The second-order valence-electron chi connectivity index (χ2n) is 4.41. The Balaban J connectivity index is 2.32. The maximum Gasteiger partial charge on any atom is 0.253 e. The first-order chi connectivity index (χ1) is 7.06. The average molecular weight is 335 g/mol. The van der Waals surface area contributed by atoms with E-state index in [4.69, 9.17) is 0 Å². The number of halogens is 2. The minimum absolute atomic E-state index is 0.130. The van der Waals surface area contributed by atoms with Crippen LogP contribution in [0.5, 0.6) is 0 Å². The first kappa shape index (κ1) is 11.4. The van der Waals surface area contributed by atoms with Crippen molar-refractivity contribution in [2.24, 2.45) is 5.41 Å². The summed E-state index contributed by atoms with van der Waals surface area (Å²) in [6, 6.07) is 1.87. The molecule has 0 aromatic carbocycles. The van der Waals surface area contributed by atoms with Crippen molar-refractivity contribution in [1.29, 1.82) is 0 Å². The van der Waals surface area contributed by atoms with Crippen molar-refractivity contribution in [1.82, 2.24) is 4.57 Å². The molecular weight excluding hydrogens is 322 g/mol. The molecule has 1 aliphatic carbocycles. The smallest absolute Gasteiger partial charge is 0.253 e. The van der Waals surface area contributed by atoms with E-state index in [1.54, 1.807) is 0 Å². The Morgan fingerprint density at radius 3 is 2.73 bits per heavy atom. The van der Waals surface area contributed by atoms with Gasteiger partial charge in [0.1, 0.15) is 0 Å². The normalized spacial score (nSPS) is 17.8. The van der Waals surface area contributed by atoms with E-state index in [9.17, 15) is 4.79 Å². The van der Waals surface area contributed by atoms with E-state index in [1.807, 2.05) is 23.8 Å². The predicted octanol–water partition coefficient (Wildman–Crippen LogP) is 3.09. The number of alkyl halides is 1. The Morgan fingerprint density at radius 1 is 1.53 bits per heavy atom. The van der Waals surface area contributed by atoms with Crippen LogP contribution in [0.1, 0.15) is 18.4 Å². The fourth-order valence-corrected chi connectivity index (χ4v) is 3.06. The minimum Gasteiger partial charge on any atom is -0.314 e. The van der Waals surface area contributed by atoms with Gasteiger partial charge in [0.15, 0.2) is 0 Å². The molecule has 0 radical (unpaired) electrons. The zero-order chi connectivity index (χ0) is 11.1. The summed E-state index contributed by atoms with van der Waals surface area (Å²) in [6.07, 6.45) is 4.32. The fourth-order valence-electron chi connectivity index (χ4n) is 1.73. The number of aromatic nitrogens is 1. The molecule has 2 nitrogen and oxygen atoms in total. The van der Waals surface area contributed by atoms with Crippen LogP contribution in [0.25, 0.3) is 0 Å². The van der Waals surface area contributed by atoms with Crippen LogP contribution in [0.2, 0.25) is 0 Å². The van der Waals surface area contributed by atoms with E-state index in [2.05, 4.69) is 31.9 Å². The molecule has 0 N–H and O–H groups in total. The molecule has 1 heterocycles. The number of rotatable bonds is 3. The Kier molecular flexibility index (Phi) is 3.08. The third-order valence-corrected chi connectivity index (χ3v) is 4.60. The summed E-state index contributed by atoms with van der Waals surface area (Å²) in [7, 11) is 0. The van der Waals surface area contributed by atoms with E-state index in [-0.39, 0.29) is 5.56 Å². The quantitative estimate of drug-likeness (QED) is 0.778. The van der Waals surface area contributed by atoms with Crippen LogP contribution in [-0.4, -0.2) is 9.90 Å². The number of aryl methyl sites for hydroxylation is 1. The van der Waals surface area contributed by atoms with Crippen molar-refractivity contribution in [2.75, 3.05) is 5.33 Å². The monoisotopic (exact) mass is 333 g/mol. The van der Waals surface area contributed by atoms with Crippen molar-refractivity contribution < 1.29 is 0 Å². The minimum atomic E-state index is 0.130. The van der Waals surface area contributed by atoms with Crippen molar-refractivity contribution >= 4 is 31.9 Å². The fraction of sp³-hybridized carbons (Fsp3) is 0.545. The summed E-state index contributed by atoms with van der Waals surface area (Å²) in [5.74, 6) is 0. The van der Waals surface area contributed by atoms with Crippen LogP contribution in [-0.2, 0) is 6.54 Å². The largest absolute Gasteiger partial charge is 0.314 e. The Bertz CT molecular complexity index is 435. The highest BCUT2D eigenvalue weighted by molar-refractivity contribution is 9.10. The Morgan fingerprint density at radius 2 is 2.20 bits per heavy atom. The summed E-state index contributed by atoms with van der Waals surface area (Å²) in [5, 5.41) is 0.984. The number of pyridine rings is 1. The molecule has 82 valence electrons. The highest BCUT2D eigenvalue weighted by atomic mass is 79.9. The van der Waals surface area contributed by atoms with Gasteiger partial charge in [0.2, 0.25) is 0 Å². The first-order valence-electron chi connectivity index (χ1n) is 4.99. The third kappa shape index (κ3) is 2.36. The van der Waals surface area contributed by atoms with E-state index in [1.165, 1.54) is 12.8 Å². The van der Waals surface area contributed by atoms with Crippen molar-refractivity contribution in [2.45, 2.75) is 26.3 Å². The van der Waals surface area contributed by atoms with Crippen LogP contribution in [0.15, 0.2) is 21.5 Å². The molecule has 0 atom stereocenters. The summed E-state index contributed by atoms with van der Waals surface area (Å²) >= 11 is 6.95. The van der Waals surface area contributed by atoms with E-state index in [0.29, 0.717) is 5.41 Å².